The molecule has 1 heterocycles. The Bertz CT molecular complexity index is 1100. The molecule has 1 aromatic heterocycles. The predicted octanol–water partition coefficient (Wildman–Crippen LogP) is 4.31. The minimum atomic E-state index is -0.0384. The maximum Gasteiger partial charge on any atom is 0.262 e. The van der Waals surface area contributed by atoms with Gasteiger partial charge in [0.2, 0.25) is 5.91 Å². The summed E-state index contributed by atoms with van der Waals surface area (Å²) >= 11 is 1.34. The van der Waals surface area contributed by atoms with Gasteiger partial charge in [0, 0.05) is 12.6 Å². The number of hydrogen-bond acceptors (Lipinski definition) is 4. The van der Waals surface area contributed by atoms with Gasteiger partial charge in [-0.15, -0.1) is 0 Å². The summed E-state index contributed by atoms with van der Waals surface area (Å²) < 4.78 is 1.77. The van der Waals surface area contributed by atoms with Gasteiger partial charge in [-0.05, 0) is 48.4 Å². The molecule has 6 heteroatoms. The lowest BCUT2D eigenvalue weighted by atomic mass is 10.0. The number of nitrogens with one attached hydrogen (secondary N) is 1. The zero-order valence-electron chi connectivity index (χ0n) is 17.4. The van der Waals surface area contributed by atoms with E-state index in [1.54, 1.807) is 4.57 Å². The summed E-state index contributed by atoms with van der Waals surface area (Å²) in [7, 11) is 0. The fourth-order valence-corrected chi connectivity index (χ4v) is 4.37. The first-order valence-electron chi connectivity index (χ1n) is 10.5. The number of fused-ring (bicyclic) bond motifs is 1. The number of hydrogen-bond donors (Lipinski definition) is 1. The van der Waals surface area contributed by atoms with Gasteiger partial charge in [0.1, 0.15) is 0 Å². The van der Waals surface area contributed by atoms with E-state index in [9.17, 15) is 9.59 Å². The van der Waals surface area contributed by atoms with Crippen molar-refractivity contribution in [1.29, 1.82) is 0 Å². The molecule has 156 valence electrons. The number of thioether (sulfide) groups is 1. The van der Waals surface area contributed by atoms with Crippen molar-refractivity contribution in [3.63, 3.8) is 0 Å². The van der Waals surface area contributed by atoms with Crippen LogP contribution in [0.2, 0.25) is 0 Å². The standard InChI is InChI=1S/C24H27N3O2S/c1-16(2)18-9-7-17(8-10-18)13-14-25-22(28)15-30-24-26-21-6-4-3-5-20(21)23(29)27(24)19-11-12-19/h3-10,16,19H,11-15H2,1-2H3,(H,25,28). The van der Waals surface area contributed by atoms with Crippen molar-refractivity contribution in [1.82, 2.24) is 14.9 Å². The lowest BCUT2D eigenvalue weighted by Gasteiger charge is -2.12. The molecule has 0 radical (unpaired) electrons. The molecule has 1 saturated carbocycles. The molecule has 1 aliphatic rings. The second kappa shape index (κ2) is 9.04. The first-order valence-corrected chi connectivity index (χ1v) is 11.5. The van der Waals surface area contributed by atoms with Crippen molar-refractivity contribution in [3.05, 3.63) is 70.0 Å². The SMILES string of the molecule is CC(C)c1ccc(CCNC(=O)CSc2nc3ccccc3c(=O)n2C2CC2)cc1. The molecule has 1 N–H and O–H groups in total. The van der Waals surface area contributed by atoms with E-state index in [-0.39, 0.29) is 23.3 Å². The number of rotatable bonds is 8. The zero-order valence-corrected chi connectivity index (χ0v) is 18.2. The summed E-state index contributed by atoms with van der Waals surface area (Å²) in [6.45, 7) is 4.96. The lowest BCUT2D eigenvalue weighted by molar-refractivity contribution is -0.118. The summed E-state index contributed by atoms with van der Waals surface area (Å²) in [5.74, 6) is 0.736. The predicted molar refractivity (Wildman–Crippen MR) is 122 cm³/mol. The third-order valence-electron chi connectivity index (χ3n) is 5.40. The topological polar surface area (TPSA) is 64.0 Å². The van der Waals surface area contributed by atoms with Crippen molar-refractivity contribution in [2.45, 2.75) is 50.2 Å². The fourth-order valence-electron chi connectivity index (χ4n) is 3.48. The third-order valence-corrected chi connectivity index (χ3v) is 6.35. The maximum atomic E-state index is 12.9. The summed E-state index contributed by atoms with van der Waals surface area (Å²) in [6.07, 6.45) is 2.79. The highest BCUT2D eigenvalue weighted by molar-refractivity contribution is 7.99. The average Bonchev–Trinajstić information content (AvgIpc) is 3.58. The summed E-state index contributed by atoms with van der Waals surface area (Å²) in [5.41, 5.74) is 3.22. The van der Waals surface area contributed by atoms with E-state index in [0.29, 0.717) is 28.5 Å². The number of carbonyl (C=O) groups is 1. The molecule has 1 amide bonds. The highest BCUT2D eigenvalue weighted by Gasteiger charge is 2.28. The second-order valence-electron chi connectivity index (χ2n) is 8.10. The highest BCUT2D eigenvalue weighted by Crippen LogP contribution is 2.36. The van der Waals surface area contributed by atoms with Gasteiger partial charge in [-0.1, -0.05) is 62.0 Å². The molecular formula is C24H27N3O2S. The van der Waals surface area contributed by atoms with Crippen LogP contribution < -0.4 is 10.9 Å². The number of aromatic nitrogens is 2. The molecule has 3 aromatic rings. The Hall–Kier alpha value is -2.60. The summed E-state index contributed by atoms with van der Waals surface area (Å²) in [4.78, 5) is 29.9. The molecule has 1 fully saturated rings. The Labute approximate surface area is 180 Å². The van der Waals surface area contributed by atoms with Crippen LogP contribution in [0.3, 0.4) is 0 Å². The van der Waals surface area contributed by atoms with Crippen molar-refractivity contribution in [3.8, 4) is 0 Å². The quantitative estimate of drug-likeness (QED) is 0.435. The van der Waals surface area contributed by atoms with Gasteiger partial charge in [-0.2, -0.15) is 0 Å². The number of carbonyl (C=O) groups excluding carboxylic acids is 1. The Morgan fingerprint density at radius 2 is 1.90 bits per heavy atom. The highest BCUT2D eigenvalue weighted by atomic mass is 32.2. The molecule has 2 aromatic carbocycles. The van der Waals surface area contributed by atoms with Gasteiger partial charge in [0.25, 0.3) is 5.56 Å². The minimum Gasteiger partial charge on any atom is -0.355 e. The fraction of sp³-hybridized carbons (Fsp3) is 0.375. The van der Waals surface area contributed by atoms with Crippen LogP contribution in [0.25, 0.3) is 10.9 Å². The lowest BCUT2D eigenvalue weighted by Crippen LogP contribution is -2.28. The van der Waals surface area contributed by atoms with E-state index in [4.69, 9.17) is 0 Å². The van der Waals surface area contributed by atoms with Crippen molar-refractivity contribution in [2.75, 3.05) is 12.3 Å². The van der Waals surface area contributed by atoms with Crippen molar-refractivity contribution < 1.29 is 4.79 Å². The average molecular weight is 422 g/mol. The minimum absolute atomic E-state index is 0.00384. The van der Waals surface area contributed by atoms with Gasteiger partial charge < -0.3 is 5.32 Å². The molecule has 0 aliphatic heterocycles. The Kier molecular flexibility index (Phi) is 6.23. The van der Waals surface area contributed by atoms with Crippen LogP contribution in [0.5, 0.6) is 0 Å². The van der Waals surface area contributed by atoms with Crippen LogP contribution >= 0.6 is 11.8 Å². The smallest absolute Gasteiger partial charge is 0.262 e. The molecule has 0 saturated heterocycles. The van der Waals surface area contributed by atoms with E-state index in [1.165, 1.54) is 22.9 Å². The van der Waals surface area contributed by atoms with Crippen molar-refractivity contribution in [2.24, 2.45) is 0 Å². The molecule has 0 atom stereocenters. The van der Waals surface area contributed by atoms with E-state index in [0.717, 1.165) is 19.3 Å². The van der Waals surface area contributed by atoms with E-state index in [2.05, 4.69) is 48.4 Å². The van der Waals surface area contributed by atoms with Crippen LogP contribution in [0.15, 0.2) is 58.5 Å². The maximum absolute atomic E-state index is 12.9. The van der Waals surface area contributed by atoms with Crippen LogP contribution in [0.1, 0.15) is 49.8 Å². The third kappa shape index (κ3) is 4.75. The molecule has 0 bridgehead atoms. The van der Waals surface area contributed by atoms with E-state index >= 15 is 0 Å². The van der Waals surface area contributed by atoms with Gasteiger partial charge >= 0.3 is 0 Å². The van der Waals surface area contributed by atoms with Crippen LogP contribution in [0.4, 0.5) is 0 Å². The van der Waals surface area contributed by atoms with Crippen LogP contribution in [-0.4, -0.2) is 27.8 Å². The number of amides is 1. The number of nitrogens with zero attached hydrogens (tertiary/aromatic N) is 2. The molecule has 5 nitrogen and oxygen atoms in total. The molecule has 1 aliphatic carbocycles. The van der Waals surface area contributed by atoms with E-state index in [1.807, 2.05) is 24.3 Å². The van der Waals surface area contributed by atoms with Crippen molar-refractivity contribution >= 4 is 28.6 Å². The first kappa shape index (κ1) is 20.7. The molecule has 0 spiro atoms. The van der Waals surface area contributed by atoms with Gasteiger partial charge in [0.15, 0.2) is 5.16 Å². The largest absolute Gasteiger partial charge is 0.355 e. The molecular weight excluding hydrogens is 394 g/mol. The van der Waals surface area contributed by atoms with Gasteiger partial charge in [-0.25, -0.2) is 4.98 Å². The second-order valence-corrected chi connectivity index (χ2v) is 9.05. The normalized spacial score (nSPS) is 13.7. The molecule has 30 heavy (non-hydrogen) atoms. The Morgan fingerprint density at radius 1 is 1.17 bits per heavy atom. The molecule has 0 unspecified atom stereocenters. The number of benzene rings is 2. The van der Waals surface area contributed by atoms with Crippen LogP contribution in [0, 0.1) is 0 Å². The number of para-hydroxylation sites is 1. The zero-order chi connectivity index (χ0) is 21.1. The van der Waals surface area contributed by atoms with Gasteiger partial charge in [0.05, 0.1) is 16.7 Å². The summed E-state index contributed by atoms with van der Waals surface area (Å²) in [6, 6.07) is 16.2. The molecule has 4 rings (SSSR count). The Balaban J connectivity index is 1.35. The monoisotopic (exact) mass is 421 g/mol. The summed E-state index contributed by atoms with van der Waals surface area (Å²) in [5, 5.41) is 4.26. The Morgan fingerprint density at radius 3 is 2.60 bits per heavy atom. The van der Waals surface area contributed by atoms with Gasteiger partial charge in [-0.3, -0.25) is 14.2 Å². The van der Waals surface area contributed by atoms with E-state index < -0.39 is 0 Å². The van der Waals surface area contributed by atoms with Crippen LogP contribution in [-0.2, 0) is 11.2 Å². The first-order chi connectivity index (χ1) is 14.5.